The Morgan fingerprint density at radius 1 is 1.39 bits per heavy atom. The summed E-state index contributed by atoms with van der Waals surface area (Å²) < 4.78 is 13.5. The molecule has 0 unspecified atom stereocenters. The number of hydrogen-bond acceptors (Lipinski definition) is 3. The third kappa shape index (κ3) is 3.62. The van der Waals surface area contributed by atoms with Gasteiger partial charge in [0.15, 0.2) is 0 Å². The molecule has 0 radical (unpaired) electrons. The molecule has 1 atom stereocenters. The molecule has 4 heteroatoms. The number of nitrogens with zero attached hydrogens (tertiary/aromatic N) is 1. The van der Waals surface area contributed by atoms with Crippen LogP contribution in [0.25, 0.3) is 0 Å². The first kappa shape index (κ1) is 13.2. The van der Waals surface area contributed by atoms with Crippen molar-refractivity contribution in [2.24, 2.45) is 0 Å². The summed E-state index contributed by atoms with van der Waals surface area (Å²) in [6.07, 6.45) is 2.57. The van der Waals surface area contributed by atoms with Crippen LogP contribution in [0.2, 0.25) is 0 Å². The lowest BCUT2D eigenvalue weighted by atomic mass is 10.1. The van der Waals surface area contributed by atoms with E-state index in [1.807, 2.05) is 25.3 Å². The lowest BCUT2D eigenvalue weighted by Gasteiger charge is -2.13. The van der Waals surface area contributed by atoms with Gasteiger partial charge in [-0.1, -0.05) is 18.2 Å². The average molecular weight is 264 g/mol. The predicted molar refractivity (Wildman–Crippen MR) is 73.3 cm³/mol. The van der Waals surface area contributed by atoms with E-state index in [0.29, 0.717) is 6.42 Å². The number of aryl methyl sites for hydroxylation is 1. The number of aromatic nitrogens is 1. The Bertz CT molecular complexity index is 510. The first-order chi connectivity index (χ1) is 8.65. The Balaban J connectivity index is 1.85. The molecule has 1 aromatic carbocycles. The highest BCUT2D eigenvalue weighted by Gasteiger charge is 2.07. The number of hydrogen-bond donors (Lipinski definition) is 1. The van der Waals surface area contributed by atoms with Crippen LogP contribution >= 0.6 is 11.3 Å². The summed E-state index contributed by atoms with van der Waals surface area (Å²) in [5, 5.41) is 4.45. The van der Waals surface area contributed by atoms with E-state index < -0.39 is 0 Å². The normalized spacial score (nSPS) is 12.6. The van der Waals surface area contributed by atoms with Crippen molar-refractivity contribution in [3.05, 3.63) is 51.7 Å². The van der Waals surface area contributed by atoms with Crippen molar-refractivity contribution in [1.82, 2.24) is 10.3 Å². The van der Waals surface area contributed by atoms with Crippen molar-refractivity contribution < 1.29 is 4.39 Å². The monoisotopic (exact) mass is 264 g/mol. The molecule has 0 bridgehead atoms. The lowest BCUT2D eigenvalue weighted by Crippen LogP contribution is -2.27. The van der Waals surface area contributed by atoms with Crippen LogP contribution in [0.3, 0.4) is 0 Å². The van der Waals surface area contributed by atoms with Crippen LogP contribution < -0.4 is 5.32 Å². The van der Waals surface area contributed by atoms with Gasteiger partial charge < -0.3 is 5.32 Å². The molecule has 0 fully saturated rings. The highest BCUT2D eigenvalue weighted by Crippen LogP contribution is 2.12. The first-order valence-electron chi connectivity index (χ1n) is 6.03. The van der Waals surface area contributed by atoms with Crippen LogP contribution in [0.1, 0.15) is 22.4 Å². The van der Waals surface area contributed by atoms with Gasteiger partial charge in [-0.25, -0.2) is 9.37 Å². The minimum absolute atomic E-state index is 0.128. The molecule has 0 spiro atoms. The molecule has 1 aromatic heterocycles. The molecule has 0 aliphatic heterocycles. The fourth-order valence-corrected chi connectivity index (χ4v) is 2.55. The molecule has 2 nitrogen and oxygen atoms in total. The Hall–Kier alpha value is -1.26. The summed E-state index contributed by atoms with van der Waals surface area (Å²) in [4.78, 5) is 5.51. The second-order valence-corrected chi connectivity index (χ2v) is 5.76. The standard InChI is InChI=1S/C14H17FN2S/c1-10(7-12-5-3-4-6-13(12)15)16-9-14-17-8-11(2)18-14/h3-6,8,10,16H,7,9H2,1-2H3/t10-/m0/s1. The molecule has 0 aliphatic rings. The second kappa shape index (κ2) is 6.07. The van der Waals surface area contributed by atoms with Crippen molar-refractivity contribution in [3.63, 3.8) is 0 Å². The van der Waals surface area contributed by atoms with E-state index in [9.17, 15) is 4.39 Å². The maximum Gasteiger partial charge on any atom is 0.126 e. The smallest absolute Gasteiger partial charge is 0.126 e. The van der Waals surface area contributed by atoms with Gasteiger partial charge in [-0.3, -0.25) is 0 Å². The molecule has 96 valence electrons. The Labute approximate surface area is 111 Å². The quantitative estimate of drug-likeness (QED) is 0.896. The topological polar surface area (TPSA) is 24.9 Å². The van der Waals surface area contributed by atoms with Gasteiger partial charge in [0, 0.05) is 23.7 Å². The van der Waals surface area contributed by atoms with E-state index in [1.54, 1.807) is 17.4 Å². The van der Waals surface area contributed by atoms with Crippen molar-refractivity contribution in [2.75, 3.05) is 0 Å². The molecule has 1 heterocycles. The summed E-state index contributed by atoms with van der Waals surface area (Å²) in [6, 6.07) is 7.16. The summed E-state index contributed by atoms with van der Waals surface area (Å²) >= 11 is 1.69. The van der Waals surface area contributed by atoms with E-state index in [1.165, 1.54) is 10.9 Å². The Morgan fingerprint density at radius 2 is 2.17 bits per heavy atom. The molecule has 0 amide bonds. The van der Waals surface area contributed by atoms with Gasteiger partial charge in [0.25, 0.3) is 0 Å². The maximum absolute atomic E-state index is 13.5. The largest absolute Gasteiger partial charge is 0.308 e. The molecule has 2 rings (SSSR count). The number of halogens is 1. The minimum atomic E-state index is -0.128. The summed E-state index contributed by atoms with van der Waals surface area (Å²) in [6.45, 7) is 4.85. The molecular weight excluding hydrogens is 247 g/mol. The van der Waals surface area contributed by atoms with Gasteiger partial charge in [-0.2, -0.15) is 0 Å². The number of rotatable bonds is 5. The maximum atomic E-state index is 13.5. The third-order valence-corrected chi connectivity index (χ3v) is 3.67. The molecule has 18 heavy (non-hydrogen) atoms. The summed E-state index contributed by atoms with van der Waals surface area (Å²) in [5.41, 5.74) is 0.757. The van der Waals surface area contributed by atoms with Crippen LogP contribution in [-0.4, -0.2) is 11.0 Å². The van der Waals surface area contributed by atoms with E-state index in [-0.39, 0.29) is 11.9 Å². The van der Waals surface area contributed by atoms with Crippen molar-refractivity contribution in [3.8, 4) is 0 Å². The minimum Gasteiger partial charge on any atom is -0.308 e. The van der Waals surface area contributed by atoms with Crippen LogP contribution in [0, 0.1) is 12.7 Å². The zero-order chi connectivity index (χ0) is 13.0. The van der Waals surface area contributed by atoms with E-state index >= 15 is 0 Å². The molecule has 1 N–H and O–H groups in total. The lowest BCUT2D eigenvalue weighted by molar-refractivity contribution is 0.525. The van der Waals surface area contributed by atoms with Crippen molar-refractivity contribution in [2.45, 2.75) is 32.9 Å². The molecule has 0 saturated carbocycles. The zero-order valence-electron chi connectivity index (χ0n) is 10.6. The fourth-order valence-electron chi connectivity index (χ4n) is 1.81. The zero-order valence-corrected chi connectivity index (χ0v) is 11.4. The first-order valence-corrected chi connectivity index (χ1v) is 6.85. The van der Waals surface area contributed by atoms with Crippen LogP contribution in [0.5, 0.6) is 0 Å². The van der Waals surface area contributed by atoms with Gasteiger partial charge in [-0.05, 0) is 31.9 Å². The van der Waals surface area contributed by atoms with Gasteiger partial charge in [0.1, 0.15) is 10.8 Å². The van der Waals surface area contributed by atoms with Crippen LogP contribution in [-0.2, 0) is 13.0 Å². The fraction of sp³-hybridized carbons (Fsp3) is 0.357. The SMILES string of the molecule is Cc1cnc(CN[C@@H](C)Cc2ccccc2F)s1. The van der Waals surface area contributed by atoms with Gasteiger partial charge >= 0.3 is 0 Å². The Kier molecular flexibility index (Phi) is 4.44. The van der Waals surface area contributed by atoms with Crippen LogP contribution in [0.4, 0.5) is 4.39 Å². The number of thiazole rings is 1. The summed E-state index contributed by atoms with van der Waals surface area (Å²) in [5.74, 6) is -0.128. The second-order valence-electron chi connectivity index (χ2n) is 4.44. The van der Waals surface area contributed by atoms with Gasteiger partial charge in [0.05, 0.1) is 0 Å². The van der Waals surface area contributed by atoms with E-state index in [4.69, 9.17) is 0 Å². The highest BCUT2D eigenvalue weighted by molar-refractivity contribution is 7.11. The average Bonchev–Trinajstić information content (AvgIpc) is 2.76. The van der Waals surface area contributed by atoms with Crippen molar-refractivity contribution in [1.29, 1.82) is 0 Å². The highest BCUT2D eigenvalue weighted by atomic mass is 32.1. The number of nitrogens with one attached hydrogen (secondary N) is 1. The van der Waals surface area contributed by atoms with Gasteiger partial charge in [0.2, 0.25) is 0 Å². The molecular formula is C14H17FN2S. The van der Waals surface area contributed by atoms with E-state index in [2.05, 4.69) is 17.2 Å². The predicted octanol–water partition coefficient (Wildman–Crippen LogP) is 3.31. The molecule has 2 aromatic rings. The third-order valence-electron chi connectivity index (χ3n) is 2.75. The number of benzene rings is 1. The van der Waals surface area contributed by atoms with Crippen molar-refractivity contribution >= 4 is 11.3 Å². The van der Waals surface area contributed by atoms with E-state index in [0.717, 1.165) is 17.1 Å². The van der Waals surface area contributed by atoms with Crippen LogP contribution in [0.15, 0.2) is 30.5 Å². The Morgan fingerprint density at radius 3 is 2.83 bits per heavy atom. The molecule has 0 aliphatic carbocycles. The van der Waals surface area contributed by atoms with Gasteiger partial charge in [-0.15, -0.1) is 11.3 Å². The summed E-state index contributed by atoms with van der Waals surface area (Å²) in [7, 11) is 0. The molecule has 0 saturated heterocycles.